The second-order valence-electron chi connectivity index (χ2n) is 17.0. The third-order valence-corrected chi connectivity index (χ3v) is 12.0. The number of aliphatic carboxylic acids is 1. The maximum Gasteiger partial charge on any atom is 0.472 e. The zero-order chi connectivity index (χ0) is 44.2. The highest BCUT2D eigenvalue weighted by Gasteiger charge is 2.28. The lowest BCUT2D eigenvalue weighted by atomic mass is 10.0. The highest BCUT2D eigenvalue weighted by atomic mass is 31.2. The molecule has 0 aromatic heterocycles. The molecule has 0 bridgehead atoms. The van der Waals surface area contributed by atoms with Gasteiger partial charge in [0, 0.05) is 12.8 Å². The van der Waals surface area contributed by atoms with Gasteiger partial charge >= 0.3 is 25.7 Å². The minimum atomic E-state index is -4.71. The molecule has 3 atom stereocenters. The molecule has 4 N–H and O–H groups in total. The number of phosphoric ester groups is 1. The molecule has 0 aliphatic rings. The van der Waals surface area contributed by atoms with E-state index in [2.05, 4.69) is 30.5 Å². The van der Waals surface area contributed by atoms with Crippen molar-refractivity contribution in [1.82, 2.24) is 0 Å². The van der Waals surface area contributed by atoms with Gasteiger partial charge in [-0.1, -0.05) is 206 Å². The zero-order valence-corrected chi connectivity index (χ0v) is 39.5. The van der Waals surface area contributed by atoms with Gasteiger partial charge in [-0.15, -0.1) is 0 Å². The number of carboxylic acids is 1. The lowest BCUT2D eigenvalue weighted by Crippen LogP contribution is -2.34. The number of esters is 2. The van der Waals surface area contributed by atoms with Crippen molar-refractivity contribution in [3.63, 3.8) is 0 Å². The van der Waals surface area contributed by atoms with Gasteiger partial charge in [0.05, 0.1) is 13.2 Å². The van der Waals surface area contributed by atoms with Crippen LogP contribution in [0.2, 0.25) is 0 Å². The lowest BCUT2D eigenvalue weighted by Gasteiger charge is -2.20. The Morgan fingerprint density at radius 3 is 1.22 bits per heavy atom. The summed E-state index contributed by atoms with van der Waals surface area (Å²) >= 11 is 0. The van der Waals surface area contributed by atoms with Crippen molar-refractivity contribution in [3.05, 3.63) is 12.2 Å². The van der Waals surface area contributed by atoms with Gasteiger partial charge in [-0.25, -0.2) is 4.57 Å². The average Bonchev–Trinajstić information content (AvgIpc) is 3.22. The fourth-order valence-corrected chi connectivity index (χ4v) is 7.90. The third-order valence-electron chi connectivity index (χ3n) is 11.0. The van der Waals surface area contributed by atoms with Crippen LogP contribution in [0.4, 0.5) is 0 Å². The minimum absolute atomic E-state index is 0.164. The van der Waals surface area contributed by atoms with Crippen LogP contribution in [-0.2, 0) is 37.5 Å². The summed E-state index contributed by atoms with van der Waals surface area (Å²) in [7, 11) is -4.71. The van der Waals surface area contributed by atoms with Crippen LogP contribution >= 0.6 is 7.82 Å². The standard InChI is InChI=1S/C48H92NO10P/c1-3-5-7-9-11-13-15-17-19-21-22-24-26-28-30-32-34-36-38-40-47(51)59-44(42-57-60(54,55)58-43-45(49)48(52)53)41-56-46(50)39-37-35-33-31-29-27-25-23-20-18-16-14-12-10-8-6-4-2/h17,19,44-45H,3-16,18,20-43,49H2,1-2H3,(H,52,53)(H,54,55)/b19-17+/t44-,45+/m1/s1. The van der Waals surface area contributed by atoms with E-state index in [1.165, 1.54) is 167 Å². The normalized spacial score (nSPS) is 13.7. The highest BCUT2D eigenvalue weighted by molar-refractivity contribution is 7.47. The summed E-state index contributed by atoms with van der Waals surface area (Å²) in [5, 5.41) is 8.91. The molecular formula is C48H92NO10P. The summed E-state index contributed by atoms with van der Waals surface area (Å²) in [6.07, 6.45) is 45.5. The van der Waals surface area contributed by atoms with Gasteiger partial charge in [0.15, 0.2) is 6.10 Å². The Bertz CT molecular complexity index is 1070. The lowest BCUT2D eigenvalue weighted by molar-refractivity contribution is -0.161. The number of rotatable bonds is 47. The number of carboxylic acid groups (broad SMARTS) is 1. The van der Waals surface area contributed by atoms with Crippen LogP contribution in [-0.4, -0.2) is 59.9 Å². The van der Waals surface area contributed by atoms with Crippen molar-refractivity contribution >= 4 is 25.7 Å². The molecule has 0 saturated heterocycles. The van der Waals surface area contributed by atoms with Gasteiger partial charge in [0.2, 0.25) is 0 Å². The van der Waals surface area contributed by atoms with E-state index >= 15 is 0 Å². The topological polar surface area (TPSA) is 172 Å². The molecule has 0 amide bonds. The van der Waals surface area contributed by atoms with Gasteiger partial charge in [-0.3, -0.25) is 23.4 Å². The summed E-state index contributed by atoms with van der Waals surface area (Å²) in [6, 6.07) is -1.52. The molecule has 0 fully saturated rings. The molecule has 0 rings (SSSR count). The smallest absolute Gasteiger partial charge is 0.472 e. The molecule has 0 radical (unpaired) electrons. The zero-order valence-electron chi connectivity index (χ0n) is 38.6. The summed E-state index contributed by atoms with van der Waals surface area (Å²) < 4.78 is 32.8. The van der Waals surface area contributed by atoms with Crippen molar-refractivity contribution in [1.29, 1.82) is 0 Å². The summed E-state index contributed by atoms with van der Waals surface area (Å²) in [6.45, 7) is 2.84. The second-order valence-corrected chi connectivity index (χ2v) is 18.4. The van der Waals surface area contributed by atoms with E-state index in [-0.39, 0.29) is 19.4 Å². The van der Waals surface area contributed by atoms with Gasteiger partial charge in [0.25, 0.3) is 0 Å². The van der Waals surface area contributed by atoms with Crippen LogP contribution in [0.25, 0.3) is 0 Å². The summed E-state index contributed by atoms with van der Waals surface area (Å²) in [5.41, 5.74) is 5.35. The predicted octanol–water partition coefficient (Wildman–Crippen LogP) is 13.6. The first-order valence-corrected chi connectivity index (χ1v) is 26.2. The van der Waals surface area contributed by atoms with E-state index in [0.717, 1.165) is 38.5 Å². The third kappa shape index (κ3) is 42.9. The SMILES string of the molecule is CCCCCCCC/C=C/CCCCCCCCCCCC(=O)O[C@H](COC(=O)CCCCCCCCCCCCCCCCCCC)COP(=O)(O)OC[C@H](N)C(=O)O. The number of carbonyl (C=O) groups is 3. The molecular weight excluding hydrogens is 781 g/mol. The monoisotopic (exact) mass is 874 g/mol. The van der Waals surface area contributed by atoms with Crippen LogP contribution in [0.15, 0.2) is 12.2 Å². The predicted molar refractivity (Wildman–Crippen MR) is 245 cm³/mol. The van der Waals surface area contributed by atoms with Crippen molar-refractivity contribution in [2.75, 3.05) is 19.8 Å². The Labute approximate surface area is 367 Å². The van der Waals surface area contributed by atoms with Gasteiger partial charge in [0.1, 0.15) is 12.6 Å². The first-order valence-electron chi connectivity index (χ1n) is 24.7. The summed E-state index contributed by atoms with van der Waals surface area (Å²) in [5.74, 6) is -2.36. The van der Waals surface area contributed by atoms with E-state index in [1.54, 1.807) is 0 Å². The maximum atomic E-state index is 12.7. The number of unbranched alkanes of at least 4 members (excludes halogenated alkanes) is 31. The van der Waals surface area contributed by atoms with Crippen LogP contribution < -0.4 is 5.73 Å². The van der Waals surface area contributed by atoms with Crippen LogP contribution in [0.3, 0.4) is 0 Å². The Hall–Kier alpha value is -1.78. The fraction of sp³-hybridized carbons (Fsp3) is 0.896. The van der Waals surface area contributed by atoms with Gasteiger partial charge < -0.3 is 25.2 Å². The van der Waals surface area contributed by atoms with Gasteiger partial charge in [-0.05, 0) is 38.5 Å². The number of allylic oxidation sites excluding steroid dienone is 2. The minimum Gasteiger partial charge on any atom is -0.480 e. The molecule has 354 valence electrons. The second kappa shape index (κ2) is 43.9. The summed E-state index contributed by atoms with van der Waals surface area (Å²) in [4.78, 5) is 46.1. The van der Waals surface area contributed by atoms with E-state index in [1.807, 2.05) is 0 Å². The molecule has 0 saturated carbocycles. The molecule has 0 aliphatic heterocycles. The Morgan fingerprint density at radius 1 is 0.500 bits per heavy atom. The Kier molecular flexibility index (Phi) is 42.6. The number of carbonyl (C=O) groups excluding carboxylic acids is 2. The highest BCUT2D eigenvalue weighted by Crippen LogP contribution is 2.43. The van der Waals surface area contributed by atoms with Crippen molar-refractivity contribution in [2.45, 2.75) is 257 Å². The number of hydrogen-bond acceptors (Lipinski definition) is 9. The number of phosphoric acid groups is 1. The molecule has 0 aliphatic carbocycles. The van der Waals surface area contributed by atoms with Crippen molar-refractivity contribution < 1.29 is 47.5 Å². The maximum absolute atomic E-state index is 12.7. The molecule has 0 spiro atoms. The van der Waals surface area contributed by atoms with Crippen LogP contribution in [0.5, 0.6) is 0 Å². The quantitative estimate of drug-likeness (QED) is 0.0230. The first kappa shape index (κ1) is 58.2. The number of ether oxygens (including phenoxy) is 2. The fourth-order valence-electron chi connectivity index (χ4n) is 7.12. The Morgan fingerprint density at radius 2 is 0.833 bits per heavy atom. The average molecular weight is 874 g/mol. The van der Waals surface area contributed by atoms with E-state index < -0.39 is 51.1 Å². The largest absolute Gasteiger partial charge is 0.480 e. The molecule has 0 aromatic carbocycles. The van der Waals surface area contributed by atoms with Crippen molar-refractivity contribution in [3.8, 4) is 0 Å². The molecule has 12 heteroatoms. The molecule has 0 aromatic rings. The van der Waals surface area contributed by atoms with Crippen molar-refractivity contribution in [2.24, 2.45) is 5.73 Å². The first-order chi connectivity index (χ1) is 29.1. The molecule has 1 unspecified atom stereocenters. The number of nitrogens with two attached hydrogens (primary N) is 1. The van der Waals surface area contributed by atoms with Gasteiger partial charge in [-0.2, -0.15) is 0 Å². The van der Waals surface area contributed by atoms with Crippen LogP contribution in [0, 0.1) is 0 Å². The molecule has 60 heavy (non-hydrogen) atoms. The Balaban J connectivity index is 4.25. The van der Waals surface area contributed by atoms with E-state index in [4.69, 9.17) is 24.8 Å². The van der Waals surface area contributed by atoms with E-state index in [9.17, 15) is 23.8 Å². The molecule has 11 nitrogen and oxygen atoms in total. The molecule has 0 heterocycles. The number of hydrogen-bond donors (Lipinski definition) is 3. The van der Waals surface area contributed by atoms with E-state index in [0.29, 0.717) is 12.8 Å². The van der Waals surface area contributed by atoms with Crippen LogP contribution in [0.1, 0.15) is 245 Å².